The fraction of sp³-hybridized carbons (Fsp3) is 0.238. The number of nitrogens with zero attached hydrogens (tertiary/aromatic N) is 2. The van der Waals surface area contributed by atoms with Crippen molar-refractivity contribution in [3.05, 3.63) is 78.1 Å². The van der Waals surface area contributed by atoms with E-state index in [0.29, 0.717) is 0 Å². The zero-order valence-electron chi connectivity index (χ0n) is 14.1. The second-order valence-corrected chi connectivity index (χ2v) is 6.42. The van der Waals surface area contributed by atoms with Gasteiger partial charge in [-0.1, -0.05) is 42.5 Å². The Morgan fingerprint density at radius 1 is 0.760 bits per heavy atom. The van der Waals surface area contributed by atoms with Crippen molar-refractivity contribution in [3.63, 3.8) is 0 Å². The first-order chi connectivity index (χ1) is 11.8. The van der Waals surface area contributed by atoms with E-state index in [1.807, 2.05) is 6.07 Å². The van der Waals surface area contributed by atoms with Gasteiger partial charge in [-0.05, 0) is 40.6 Å². The summed E-state index contributed by atoms with van der Waals surface area (Å²) in [5, 5.41) is 2.57. The lowest BCUT2D eigenvalue weighted by molar-refractivity contribution is 0.249. The Bertz CT molecular complexity index is 844. The van der Waals surface area contributed by atoms with Crippen LogP contribution >= 0.6 is 17.0 Å². The van der Waals surface area contributed by atoms with Gasteiger partial charge in [0.25, 0.3) is 0 Å². The van der Waals surface area contributed by atoms with Crippen LogP contribution in [0.15, 0.2) is 66.7 Å². The van der Waals surface area contributed by atoms with Gasteiger partial charge in [-0.25, -0.2) is 4.39 Å². The van der Waals surface area contributed by atoms with Crippen molar-refractivity contribution in [1.82, 2.24) is 4.90 Å². The number of halogens is 2. The quantitative estimate of drug-likeness (QED) is 0.617. The number of benzene rings is 3. The molecule has 4 heteroatoms. The van der Waals surface area contributed by atoms with Gasteiger partial charge in [0.15, 0.2) is 0 Å². The zero-order valence-corrected chi connectivity index (χ0v) is 15.8. The van der Waals surface area contributed by atoms with Crippen LogP contribution in [0.25, 0.3) is 10.8 Å². The van der Waals surface area contributed by atoms with Crippen molar-refractivity contribution in [1.29, 1.82) is 0 Å². The predicted octanol–water partition coefficient (Wildman–Crippen LogP) is 4.88. The van der Waals surface area contributed by atoms with Crippen LogP contribution in [-0.2, 0) is 6.54 Å². The molecule has 0 saturated carbocycles. The first kappa shape index (κ1) is 17.9. The smallest absolute Gasteiger partial charge is 0.123 e. The Balaban J connectivity index is 0.00000182. The third-order valence-corrected chi connectivity index (χ3v) is 4.77. The van der Waals surface area contributed by atoms with E-state index in [0.717, 1.165) is 38.3 Å². The maximum Gasteiger partial charge on any atom is 0.123 e. The highest BCUT2D eigenvalue weighted by atomic mass is 79.9. The fourth-order valence-corrected chi connectivity index (χ4v) is 3.43. The number of rotatable bonds is 3. The standard InChI is InChI=1S/C21H21FN2.BrH/c22-20-7-3-4-17(14-20)16-23-10-12-24(13-11-23)21-9-8-18-5-1-2-6-19(18)15-21;/h1-9,14-15H,10-13,16H2;1H. The minimum Gasteiger partial charge on any atom is -0.369 e. The number of piperazine rings is 1. The summed E-state index contributed by atoms with van der Waals surface area (Å²) in [6, 6.07) is 22.1. The molecule has 130 valence electrons. The Morgan fingerprint density at radius 3 is 2.28 bits per heavy atom. The Labute approximate surface area is 158 Å². The van der Waals surface area contributed by atoms with Gasteiger partial charge in [0.1, 0.15) is 5.82 Å². The maximum absolute atomic E-state index is 13.3. The third-order valence-electron chi connectivity index (χ3n) is 4.77. The van der Waals surface area contributed by atoms with Crippen molar-refractivity contribution >= 4 is 33.4 Å². The van der Waals surface area contributed by atoms with Crippen molar-refractivity contribution in [2.45, 2.75) is 6.54 Å². The topological polar surface area (TPSA) is 6.48 Å². The number of anilines is 1. The maximum atomic E-state index is 13.3. The van der Waals surface area contributed by atoms with Gasteiger partial charge in [-0.2, -0.15) is 0 Å². The first-order valence-corrected chi connectivity index (χ1v) is 8.48. The van der Waals surface area contributed by atoms with Crippen molar-refractivity contribution in [2.24, 2.45) is 0 Å². The molecular formula is C21H22BrFN2. The molecule has 4 rings (SSSR count). The average molecular weight is 401 g/mol. The second-order valence-electron chi connectivity index (χ2n) is 6.42. The van der Waals surface area contributed by atoms with Crippen LogP contribution in [0.3, 0.4) is 0 Å². The van der Waals surface area contributed by atoms with Crippen molar-refractivity contribution < 1.29 is 4.39 Å². The average Bonchev–Trinajstić information content (AvgIpc) is 2.62. The predicted molar refractivity (Wildman–Crippen MR) is 108 cm³/mol. The fourth-order valence-electron chi connectivity index (χ4n) is 3.43. The summed E-state index contributed by atoms with van der Waals surface area (Å²) in [7, 11) is 0. The molecule has 0 atom stereocenters. The monoisotopic (exact) mass is 400 g/mol. The zero-order chi connectivity index (χ0) is 16.4. The summed E-state index contributed by atoms with van der Waals surface area (Å²) in [4.78, 5) is 4.83. The Hall–Kier alpha value is -1.91. The molecule has 2 nitrogen and oxygen atoms in total. The van der Waals surface area contributed by atoms with Crippen LogP contribution in [0.4, 0.5) is 10.1 Å². The molecule has 0 aliphatic carbocycles. The number of fused-ring (bicyclic) bond motifs is 1. The van der Waals surface area contributed by atoms with Crippen LogP contribution in [0.5, 0.6) is 0 Å². The highest BCUT2D eigenvalue weighted by Gasteiger charge is 2.17. The van der Waals surface area contributed by atoms with E-state index in [-0.39, 0.29) is 22.8 Å². The number of hydrogen-bond donors (Lipinski definition) is 0. The first-order valence-electron chi connectivity index (χ1n) is 8.48. The van der Waals surface area contributed by atoms with Crippen LogP contribution < -0.4 is 4.90 Å². The summed E-state index contributed by atoms with van der Waals surface area (Å²) >= 11 is 0. The van der Waals surface area contributed by atoms with E-state index < -0.39 is 0 Å². The largest absolute Gasteiger partial charge is 0.369 e. The molecule has 1 aliphatic heterocycles. The molecule has 3 aromatic carbocycles. The second kappa shape index (κ2) is 7.98. The molecule has 0 spiro atoms. The third kappa shape index (κ3) is 4.20. The SMILES string of the molecule is Br.Fc1cccc(CN2CCN(c3ccc4ccccc4c3)CC2)c1. The van der Waals surface area contributed by atoms with Gasteiger partial charge in [-0.3, -0.25) is 4.90 Å². The Morgan fingerprint density at radius 2 is 1.52 bits per heavy atom. The van der Waals surface area contributed by atoms with E-state index in [9.17, 15) is 4.39 Å². The Kier molecular flexibility index (Phi) is 5.71. The lowest BCUT2D eigenvalue weighted by Gasteiger charge is -2.36. The summed E-state index contributed by atoms with van der Waals surface area (Å²) in [5.74, 6) is -0.151. The van der Waals surface area contributed by atoms with E-state index in [1.54, 1.807) is 12.1 Å². The molecule has 0 N–H and O–H groups in total. The molecule has 0 unspecified atom stereocenters. The van der Waals surface area contributed by atoms with Crippen LogP contribution in [0.1, 0.15) is 5.56 Å². The molecule has 1 heterocycles. The van der Waals surface area contributed by atoms with Gasteiger partial charge in [0.2, 0.25) is 0 Å². The normalized spacial score (nSPS) is 15.2. The molecule has 1 saturated heterocycles. The van der Waals surface area contributed by atoms with Crippen molar-refractivity contribution in [2.75, 3.05) is 31.1 Å². The summed E-state index contributed by atoms with van der Waals surface area (Å²) in [5.41, 5.74) is 2.34. The molecule has 0 bridgehead atoms. The van der Waals surface area contributed by atoms with Crippen molar-refractivity contribution in [3.8, 4) is 0 Å². The van der Waals surface area contributed by atoms with Gasteiger partial charge in [-0.15, -0.1) is 17.0 Å². The summed E-state index contributed by atoms with van der Waals surface area (Å²) in [6.07, 6.45) is 0. The van der Waals surface area contributed by atoms with Gasteiger partial charge >= 0.3 is 0 Å². The molecule has 1 fully saturated rings. The van der Waals surface area contributed by atoms with Crippen LogP contribution in [0.2, 0.25) is 0 Å². The molecule has 0 aromatic heterocycles. The summed E-state index contributed by atoms with van der Waals surface area (Å²) in [6.45, 7) is 4.84. The molecular weight excluding hydrogens is 379 g/mol. The number of hydrogen-bond acceptors (Lipinski definition) is 2. The lowest BCUT2D eigenvalue weighted by atomic mass is 10.1. The van der Waals surface area contributed by atoms with E-state index in [4.69, 9.17) is 0 Å². The van der Waals surface area contributed by atoms with Crippen LogP contribution in [-0.4, -0.2) is 31.1 Å². The molecule has 25 heavy (non-hydrogen) atoms. The lowest BCUT2D eigenvalue weighted by Crippen LogP contribution is -2.45. The van der Waals surface area contributed by atoms with E-state index in [1.165, 1.54) is 22.5 Å². The van der Waals surface area contributed by atoms with Crippen LogP contribution in [0, 0.1) is 5.82 Å². The molecule has 0 amide bonds. The highest BCUT2D eigenvalue weighted by Crippen LogP contribution is 2.23. The van der Waals surface area contributed by atoms with Gasteiger partial charge < -0.3 is 4.90 Å². The minimum absolute atomic E-state index is 0. The van der Waals surface area contributed by atoms with E-state index in [2.05, 4.69) is 52.3 Å². The van der Waals surface area contributed by atoms with Gasteiger partial charge in [0, 0.05) is 38.4 Å². The van der Waals surface area contributed by atoms with Gasteiger partial charge in [0.05, 0.1) is 0 Å². The molecule has 0 radical (unpaired) electrons. The molecule has 3 aromatic rings. The molecule has 1 aliphatic rings. The highest BCUT2D eigenvalue weighted by molar-refractivity contribution is 8.93. The minimum atomic E-state index is -0.151. The van der Waals surface area contributed by atoms with E-state index >= 15 is 0 Å². The summed E-state index contributed by atoms with van der Waals surface area (Å²) < 4.78 is 13.3.